The highest BCUT2D eigenvalue weighted by atomic mass is 16.3. The SMILES string of the molecule is O=C(Nc1cccc(O)c1)C1CCN(Cc2ccccc2)C1. The Kier molecular flexibility index (Phi) is 4.39. The minimum atomic E-state index is 0.00561. The number of benzene rings is 2. The fraction of sp³-hybridized carbons (Fsp3) is 0.278. The van der Waals surface area contributed by atoms with Gasteiger partial charge in [-0.1, -0.05) is 36.4 Å². The summed E-state index contributed by atoms with van der Waals surface area (Å²) in [7, 11) is 0. The summed E-state index contributed by atoms with van der Waals surface area (Å²) in [5, 5.41) is 12.3. The third-order valence-corrected chi connectivity index (χ3v) is 4.01. The Labute approximate surface area is 130 Å². The first-order valence-electron chi connectivity index (χ1n) is 7.57. The Balaban J connectivity index is 1.55. The lowest BCUT2D eigenvalue weighted by atomic mass is 10.1. The maximum atomic E-state index is 12.3. The van der Waals surface area contributed by atoms with E-state index >= 15 is 0 Å². The smallest absolute Gasteiger partial charge is 0.228 e. The van der Waals surface area contributed by atoms with Crippen molar-refractivity contribution in [2.45, 2.75) is 13.0 Å². The molecule has 2 aromatic carbocycles. The van der Waals surface area contributed by atoms with Crippen LogP contribution in [-0.4, -0.2) is 29.0 Å². The molecule has 0 aromatic heterocycles. The van der Waals surface area contributed by atoms with Crippen molar-refractivity contribution < 1.29 is 9.90 Å². The highest BCUT2D eigenvalue weighted by Gasteiger charge is 2.28. The summed E-state index contributed by atoms with van der Waals surface area (Å²) >= 11 is 0. The second-order valence-corrected chi connectivity index (χ2v) is 5.75. The quantitative estimate of drug-likeness (QED) is 0.912. The molecule has 1 atom stereocenters. The molecule has 0 spiro atoms. The van der Waals surface area contributed by atoms with Gasteiger partial charge in [0.1, 0.15) is 5.75 Å². The van der Waals surface area contributed by atoms with Crippen LogP contribution < -0.4 is 5.32 Å². The molecule has 114 valence electrons. The van der Waals surface area contributed by atoms with E-state index in [4.69, 9.17) is 0 Å². The monoisotopic (exact) mass is 296 g/mol. The highest BCUT2D eigenvalue weighted by Crippen LogP contribution is 2.22. The lowest BCUT2D eigenvalue weighted by molar-refractivity contribution is -0.119. The predicted molar refractivity (Wildman–Crippen MR) is 86.6 cm³/mol. The number of likely N-dealkylation sites (tertiary alicyclic amines) is 1. The van der Waals surface area contributed by atoms with Crippen LogP contribution >= 0.6 is 0 Å². The number of nitrogens with zero attached hydrogens (tertiary/aromatic N) is 1. The van der Waals surface area contributed by atoms with Crippen LogP contribution in [0.2, 0.25) is 0 Å². The summed E-state index contributed by atoms with van der Waals surface area (Å²) in [6.45, 7) is 2.60. The first kappa shape index (κ1) is 14.6. The number of hydrogen-bond acceptors (Lipinski definition) is 3. The number of nitrogens with one attached hydrogen (secondary N) is 1. The fourth-order valence-corrected chi connectivity index (χ4v) is 2.86. The predicted octanol–water partition coefficient (Wildman–Crippen LogP) is 2.85. The van der Waals surface area contributed by atoms with Gasteiger partial charge in [0, 0.05) is 24.8 Å². The van der Waals surface area contributed by atoms with Gasteiger partial charge in [-0.25, -0.2) is 0 Å². The molecule has 0 aliphatic carbocycles. The molecule has 1 amide bonds. The van der Waals surface area contributed by atoms with Crippen LogP contribution in [-0.2, 0) is 11.3 Å². The van der Waals surface area contributed by atoms with Crippen molar-refractivity contribution in [2.24, 2.45) is 5.92 Å². The van der Waals surface area contributed by atoms with Gasteiger partial charge in [-0.15, -0.1) is 0 Å². The van der Waals surface area contributed by atoms with Crippen molar-refractivity contribution >= 4 is 11.6 Å². The summed E-state index contributed by atoms with van der Waals surface area (Å²) in [6.07, 6.45) is 0.873. The van der Waals surface area contributed by atoms with Crippen molar-refractivity contribution in [1.82, 2.24) is 4.90 Å². The number of phenols is 1. The Hall–Kier alpha value is -2.33. The van der Waals surface area contributed by atoms with Crippen molar-refractivity contribution in [3.8, 4) is 5.75 Å². The number of hydrogen-bond donors (Lipinski definition) is 2. The van der Waals surface area contributed by atoms with E-state index in [0.717, 1.165) is 26.1 Å². The van der Waals surface area contributed by atoms with Gasteiger partial charge in [-0.3, -0.25) is 9.69 Å². The average Bonchev–Trinajstić information content (AvgIpc) is 2.97. The van der Waals surface area contributed by atoms with Gasteiger partial charge in [0.05, 0.1) is 5.92 Å². The van der Waals surface area contributed by atoms with Gasteiger partial charge in [-0.05, 0) is 30.7 Å². The van der Waals surface area contributed by atoms with Crippen molar-refractivity contribution in [3.05, 3.63) is 60.2 Å². The zero-order valence-electron chi connectivity index (χ0n) is 12.4. The van der Waals surface area contributed by atoms with Crippen LogP contribution in [0.1, 0.15) is 12.0 Å². The molecule has 0 saturated carbocycles. The average molecular weight is 296 g/mol. The lowest BCUT2D eigenvalue weighted by Crippen LogP contribution is -2.26. The van der Waals surface area contributed by atoms with Gasteiger partial charge in [-0.2, -0.15) is 0 Å². The van der Waals surface area contributed by atoms with Gasteiger partial charge in [0.15, 0.2) is 0 Å². The summed E-state index contributed by atoms with van der Waals surface area (Å²) in [5.41, 5.74) is 1.92. The first-order chi connectivity index (χ1) is 10.7. The first-order valence-corrected chi connectivity index (χ1v) is 7.57. The number of aromatic hydroxyl groups is 1. The van der Waals surface area contributed by atoms with Gasteiger partial charge in [0.2, 0.25) is 5.91 Å². The van der Waals surface area contributed by atoms with E-state index in [0.29, 0.717) is 5.69 Å². The molecule has 1 aliphatic heterocycles. The van der Waals surface area contributed by atoms with E-state index in [9.17, 15) is 9.90 Å². The van der Waals surface area contributed by atoms with E-state index in [1.807, 2.05) is 18.2 Å². The number of rotatable bonds is 4. The molecule has 0 bridgehead atoms. The third kappa shape index (κ3) is 3.65. The third-order valence-electron chi connectivity index (χ3n) is 4.01. The maximum absolute atomic E-state index is 12.3. The van der Waals surface area contributed by atoms with Crippen LogP contribution in [0.4, 0.5) is 5.69 Å². The minimum absolute atomic E-state index is 0.00561. The molecule has 4 heteroatoms. The van der Waals surface area contributed by atoms with E-state index in [-0.39, 0.29) is 17.6 Å². The van der Waals surface area contributed by atoms with Gasteiger partial charge < -0.3 is 10.4 Å². The zero-order chi connectivity index (χ0) is 15.4. The van der Waals surface area contributed by atoms with Gasteiger partial charge >= 0.3 is 0 Å². The molecule has 1 fully saturated rings. The number of carbonyl (C=O) groups is 1. The fourth-order valence-electron chi connectivity index (χ4n) is 2.86. The van der Waals surface area contributed by atoms with E-state index < -0.39 is 0 Å². The molecule has 1 saturated heterocycles. The Morgan fingerprint density at radius 1 is 1.18 bits per heavy atom. The second kappa shape index (κ2) is 6.62. The molecule has 1 aliphatic rings. The standard InChI is InChI=1S/C18H20N2O2/c21-17-8-4-7-16(11-17)19-18(22)15-9-10-20(13-15)12-14-5-2-1-3-6-14/h1-8,11,15,21H,9-10,12-13H2,(H,19,22). The zero-order valence-corrected chi connectivity index (χ0v) is 12.4. The van der Waals surface area contributed by atoms with E-state index in [2.05, 4.69) is 22.3 Å². The molecule has 3 rings (SSSR count). The van der Waals surface area contributed by atoms with Crippen LogP contribution in [0.3, 0.4) is 0 Å². The van der Waals surface area contributed by atoms with E-state index in [1.165, 1.54) is 5.56 Å². The number of carbonyl (C=O) groups excluding carboxylic acids is 1. The summed E-state index contributed by atoms with van der Waals surface area (Å²) in [5.74, 6) is 0.196. The largest absolute Gasteiger partial charge is 0.508 e. The lowest BCUT2D eigenvalue weighted by Gasteiger charge is -2.16. The number of anilines is 1. The summed E-state index contributed by atoms with van der Waals surface area (Å²) in [6, 6.07) is 17.0. The van der Waals surface area contributed by atoms with Crippen molar-refractivity contribution in [2.75, 3.05) is 18.4 Å². The summed E-state index contributed by atoms with van der Waals surface area (Å²) in [4.78, 5) is 14.6. The molecule has 0 radical (unpaired) electrons. The van der Waals surface area contributed by atoms with Crippen molar-refractivity contribution in [1.29, 1.82) is 0 Å². The maximum Gasteiger partial charge on any atom is 0.228 e. The Morgan fingerprint density at radius 3 is 2.77 bits per heavy atom. The number of phenolic OH excluding ortho intramolecular Hbond substituents is 1. The van der Waals surface area contributed by atoms with Crippen LogP contribution in [0.25, 0.3) is 0 Å². The molecule has 22 heavy (non-hydrogen) atoms. The van der Waals surface area contributed by atoms with Crippen LogP contribution in [0, 0.1) is 5.92 Å². The molecule has 1 heterocycles. The van der Waals surface area contributed by atoms with Crippen LogP contribution in [0.5, 0.6) is 5.75 Å². The highest BCUT2D eigenvalue weighted by molar-refractivity contribution is 5.93. The molecular weight excluding hydrogens is 276 g/mol. The molecule has 2 aromatic rings. The van der Waals surface area contributed by atoms with Crippen LogP contribution in [0.15, 0.2) is 54.6 Å². The number of amides is 1. The molecule has 4 nitrogen and oxygen atoms in total. The summed E-state index contributed by atoms with van der Waals surface area (Å²) < 4.78 is 0. The van der Waals surface area contributed by atoms with Crippen molar-refractivity contribution in [3.63, 3.8) is 0 Å². The molecular formula is C18H20N2O2. The van der Waals surface area contributed by atoms with Gasteiger partial charge in [0.25, 0.3) is 0 Å². The van der Waals surface area contributed by atoms with E-state index in [1.54, 1.807) is 24.3 Å². The second-order valence-electron chi connectivity index (χ2n) is 5.75. The Morgan fingerprint density at radius 2 is 2.00 bits per heavy atom. The topological polar surface area (TPSA) is 52.6 Å². The normalized spacial score (nSPS) is 18.3. The molecule has 1 unspecified atom stereocenters. The Bertz CT molecular complexity index is 643. The minimum Gasteiger partial charge on any atom is -0.508 e. The molecule has 2 N–H and O–H groups in total.